The van der Waals surface area contributed by atoms with E-state index in [1.165, 1.54) is 26.1 Å². The normalized spacial score (nSPS) is 30.8. The smallest absolute Gasteiger partial charge is 0.000712 e. The summed E-state index contributed by atoms with van der Waals surface area (Å²) >= 11 is 0. The Balaban J connectivity index is 0.000000561. The topological polar surface area (TPSA) is 3.24 Å². The van der Waals surface area contributed by atoms with Crippen molar-refractivity contribution >= 4 is 0 Å². The van der Waals surface area contributed by atoms with Gasteiger partial charge in [-0.3, -0.25) is 0 Å². The predicted molar refractivity (Wildman–Crippen MR) is 56.4 cm³/mol. The number of piperidine rings is 1. The van der Waals surface area contributed by atoms with Crippen LogP contribution < -0.4 is 0 Å². The molecule has 12 heavy (non-hydrogen) atoms. The van der Waals surface area contributed by atoms with E-state index in [1.54, 1.807) is 0 Å². The van der Waals surface area contributed by atoms with Gasteiger partial charge in [0.15, 0.2) is 0 Å². The van der Waals surface area contributed by atoms with E-state index in [1.807, 2.05) is 13.8 Å². The molecule has 1 fully saturated rings. The van der Waals surface area contributed by atoms with E-state index >= 15 is 0 Å². The van der Waals surface area contributed by atoms with Gasteiger partial charge in [0.1, 0.15) is 0 Å². The van der Waals surface area contributed by atoms with E-state index in [0.29, 0.717) is 0 Å². The fourth-order valence-corrected chi connectivity index (χ4v) is 2.05. The number of rotatable bonds is 1. The van der Waals surface area contributed by atoms with E-state index < -0.39 is 0 Å². The SMILES string of the molecule is CC.CCN1C[C@H](C)C[C@@H](C)C1. The van der Waals surface area contributed by atoms with Crippen molar-refractivity contribution in [2.24, 2.45) is 11.8 Å². The molecule has 0 saturated carbocycles. The Kier molecular flexibility index (Phi) is 6.45. The van der Waals surface area contributed by atoms with Gasteiger partial charge in [-0.15, -0.1) is 0 Å². The van der Waals surface area contributed by atoms with Crippen LogP contribution in [0, 0.1) is 11.8 Å². The molecule has 0 N–H and O–H groups in total. The van der Waals surface area contributed by atoms with Crippen LogP contribution in [0.4, 0.5) is 0 Å². The standard InChI is InChI=1S/C9H19N.C2H6/c1-4-10-6-8(2)5-9(3)7-10;1-2/h8-9H,4-7H2,1-3H3;1-2H3/t8-,9-;/m1./s1. The number of hydrogen-bond acceptors (Lipinski definition) is 1. The van der Waals surface area contributed by atoms with Crippen molar-refractivity contribution in [3.63, 3.8) is 0 Å². The van der Waals surface area contributed by atoms with Crippen LogP contribution in [0.2, 0.25) is 0 Å². The van der Waals surface area contributed by atoms with Gasteiger partial charge in [0.25, 0.3) is 0 Å². The first-order chi connectivity index (χ1) is 5.72. The van der Waals surface area contributed by atoms with Crippen molar-refractivity contribution in [2.45, 2.75) is 41.0 Å². The minimum Gasteiger partial charge on any atom is -0.303 e. The zero-order valence-electron chi connectivity index (χ0n) is 9.43. The fourth-order valence-electron chi connectivity index (χ4n) is 2.05. The molecule has 1 aliphatic heterocycles. The minimum atomic E-state index is 0.920. The van der Waals surface area contributed by atoms with Gasteiger partial charge in [-0.05, 0) is 24.8 Å². The first-order valence-corrected chi connectivity index (χ1v) is 5.44. The number of hydrogen-bond donors (Lipinski definition) is 0. The zero-order chi connectivity index (χ0) is 9.56. The molecule has 1 rings (SSSR count). The maximum absolute atomic E-state index is 2.55. The maximum Gasteiger partial charge on any atom is 0.000712 e. The third kappa shape index (κ3) is 4.10. The molecule has 1 aliphatic rings. The molecule has 0 aromatic heterocycles. The van der Waals surface area contributed by atoms with Crippen molar-refractivity contribution in [1.29, 1.82) is 0 Å². The molecule has 74 valence electrons. The molecule has 1 nitrogen and oxygen atoms in total. The van der Waals surface area contributed by atoms with Gasteiger partial charge in [0.05, 0.1) is 0 Å². The van der Waals surface area contributed by atoms with Crippen LogP contribution in [-0.4, -0.2) is 24.5 Å². The van der Waals surface area contributed by atoms with Crippen LogP contribution in [0.1, 0.15) is 41.0 Å². The Morgan fingerprint density at radius 1 is 1.08 bits per heavy atom. The summed E-state index contributed by atoms with van der Waals surface area (Å²) in [5, 5.41) is 0. The Hall–Kier alpha value is -0.0400. The lowest BCUT2D eigenvalue weighted by atomic mass is 9.92. The second-order valence-electron chi connectivity index (χ2n) is 3.80. The summed E-state index contributed by atoms with van der Waals surface area (Å²) in [6.07, 6.45) is 1.43. The summed E-state index contributed by atoms with van der Waals surface area (Å²) < 4.78 is 0. The fraction of sp³-hybridized carbons (Fsp3) is 1.00. The van der Waals surface area contributed by atoms with Crippen LogP contribution in [-0.2, 0) is 0 Å². The summed E-state index contributed by atoms with van der Waals surface area (Å²) in [6, 6.07) is 0. The monoisotopic (exact) mass is 171 g/mol. The van der Waals surface area contributed by atoms with Crippen LogP contribution >= 0.6 is 0 Å². The lowest BCUT2D eigenvalue weighted by Gasteiger charge is -2.33. The van der Waals surface area contributed by atoms with Crippen molar-refractivity contribution in [1.82, 2.24) is 4.90 Å². The maximum atomic E-state index is 2.55. The molecule has 0 aromatic rings. The molecule has 0 amide bonds. The molecular formula is C11H25N. The predicted octanol–water partition coefficient (Wildman–Crippen LogP) is 3.01. The molecule has 0 bridgehead atoms. The molecule has 1 heterocycles. The third-order valence-electron chi connectivity index (χ3n) is 2.39. The van der Waals surface area contributed by atoms with Gasteiger partial charge >= 0.3 is 0 Å². The van der Waals surface area contributed by atoms with Crippen molar-refractivity contribution < 1.29 is 0 Å². The first-order valence-electron chi connectivity index (χ1n) is 5.44. The Labute approximate surface area is 78.1 Å². The van der Waals surface area contributed by atoms with Crippen LogP contribution in [0.15, 0.2) is 0 Å². The highest BCUT2D eigenvalue weighted by Gasteiger charge is 2.19. The quantitative estimate of drug-likeness (QED) is 0.586. The number of nitrogens with zero attached hydrogens (tertiary/aromatic N) is 1. The van der Waals surface area contributed by atoms with Gasteiger partial charge in [0, 0.05) is 13.1 Å². The molecule has 2 atom stereocenters. The van der Waals surface area contributed by atoms with Crippen molar-refractivity contribution in [3.05, 3.63) is 0 Å². The summed E-state index contributed by atoms with van der Waals surface area (Å²) in [7, 11) is 0. The molecule has 0 aliphatic carbocycles. The molecule has 1 heteroatoms. The first kappa shape index (κ1) is 12.0. The molecule has 0 radical (unpaired) electrons. The Bertz CT molecular complexity index is 91.2. The van der Waals surface area contributed by atoms with E-state index in [-0.39, 0.29) is 0 Å². The average Bonchev–Trinajstić information content (AvgIpc) is 2.06. The second-order valence-corrected chi connectivity index (χ2v) is 3.80. The van der Waals surface area contributed by atoms with Gasteiger partial charge in [-0.25, -0.2) is 0 Å². The van der Waals surface area contributed by atoms with Crippen molar-refractivity contribution in [2.75, 3.05) is 19.6 Å². The van der Waals surface area contributed by atoms with Gasteiger partial charge in [-0.2, -0.15) is 0 Å². The summed E-state index contributed by atoms with van der Waals surface area (Å²) in [5.41, 5.74) is 0. The van der Waals surface area contributed by atoms with E-state index in [0.717, 1.165) is 11.8 Å². The number of likely N-dealkylation sites (tertiary alicyclic amines) is 1. The lowest BCUT2D eigenvalue weighted by molar-refractivity contribution is 0.148. The highest BCUT2D eigenvalue weighted by atomic mass is 15.1. The van der Waals surface area contributed by atoms with Gasteiger partial charge in [-0.1, -0.05) is 34.6 Å². The molecular weight excluding hydrogens is 146 g/mol. The van der Waals surface area contributed by atoms with Crippen molar-refractivity contribution in [3.8, 4) is 0 Å². The van der Waals surface area contributed by atoms with E-state index in [9.17, 15) is 0 Å². The second kappa shape index (κ2) is 6.47. The summed E-state index contributed by atoms with van der Waals surface area (Å²) in [5.74, 6) is 1.84. The van der Waals surface area contributed by atoms with Gasteiger partial charge < -0.3 is 4.90 Å². The van der Waals surface area contributed by atoms with Crippen LogP contribution in [0.5, 0.6) is 0 Å². The van der Waals surface area contributed by atoms with Crippen LogP contribution in [0.25, 0.3) is 0 Å². The molecule has 1 saturated heterocycles. The molecule has 0 unspecified atom stereocenters. The molecule has 0 spiro atoms. The highest BCUT2D eigenvalue weighted by Crippen LogP contribution is 2.19. The average molecular weight is 171 g/mol. The van der Waals surface area contributed by atoms with Gasteiger partial charge in [0.2, 0.25) is 0 Å². The summed E-state index contributed by atoms with van der Waals surface area (Å²) in [6.45, 7) is 14.8. The largest absolute Gasteiger partial charge is 0.303 e. The summed E-state index contributed by atoms with van der Waals surface area (Å²) in [4.78, 5) is 2.55. The zero-order valence-corrected chi connectivity index (χ0v) is 9.43. The Morgan fingerprint density at radius 3 is 1.83 bits per heavy atom. The Morgan fingerprint density at radius 2 is 1.50 bits per heavy atom. The molecule has 0 aromatic carbocycles. The third-order valence-corrected chi connectivity index (χ3v) is 2.39. The highest BCUT2D eigenvalue weighted by molar-refractivity contribution is 4.73. The van der Waals surface area contributed by atoms with Crippen LogP contribution in [0.3, 0.4) is 0 Å². The lowest BCUT2D eigenvalue weighted by Crippen LogP contribution is -2.38. The van der Waals surface area contributed by atoms with E-state index in [2.05, 4.69) is 25.7 Å². The van der Waals surface area contributed by atoms with E-state index in [4.69, 9.17) is 0 Å². The minimum absolute atomic E-state index is 0.920.